The van der Waals surface area contributed by atoms with Crippen LogP contribution in [0.25, 0.3) is 0 Å². The van der Waals surface area contributed by atoms with E-state index in [0.29, 0.717) is 16.0 Å². The molecule has 0 spiro atoms. The highest BCUT2D eigenvalue weighted by atomic mass is 35.5. The first-order valence-electron chi connectivity index (χ1n) is 7.04. The predicted molar refractivity (Wildman–Crippen MR) is 94.1 cm³/mol. The molecule has 0 atom stereocenters. The third kappa shape index (κ3) is 4.65. The Morgan fingerprint density at radius 2 is 1.64 bits per heavy atom. The normalized spacial score (nSPS) is 10.6. The van der Waals surface area contributed by atoms with E-state index in [9.17, 15) is 4.79 Å². The number of hydrogen-bond acceptors (Lipinski definition) is 2. The second-order valence-corrected chi connectivity index (χ2v) is 6.12. The zero-order valence-electron chi connectivity index (χ0n) is 12.5. The minimum Gasteiger partial charge on any atom is -0.376 e. The molecule has 0 aliphatic heterocycles. The molecule has 0 aliphatic carbocycles. The van der Waals surface area contributed by atoms with Gasteiger partial charge in [0, 0.05) is 11.4 Å². The number of carbonyl (C=O) groups excluding carboxylic acids is 1. The lowest BCUT2D eigenvalue weighted by atomic mass is 10.0. The summed E-state index contributed by atoms with van der Waals surface area (Å²) in [5, 5.41) is 6.79. The van der Waals surface area contributed by atoms with Crippen LogP contribution in [0.1, 0.15) is 25.3 Å². The highest BCUT2D eigenvalue weighted by molar-refractivity contribution is 6.42. The van der Waals surface area contributed by atoms with Crippen molar-refractivity contribution >= 4 is 40.5 Å². The Hall–Kier alpha value is -1.71. The molecule has 0 saturated carbocycles. The molecule has 2 N–H and O–H groups in total. The van der Waals surface area contributed by atoms with Crippen LogP contribution in [0.15, 0.2) is 42.5 Å². The summed E-state index contributed by atoms with van der Waals surface area (Å²) in [5.41, 5.74) is 2.77. The van der Waals surface area contributed by atoms with Crippen LogP contribution in [0, 0.1) is 0 Å². The van der Waals surface area contributed by atoms with Crippen LogP contribution in [0.5, 0.6) is 0 Å². The lowest BCUT2D eigenvalue weighted by Crippen LogP contribution is -2.21. The Morgan fingerprint density at radius 1 is 1.00 bits per heavy atom. The highest BCUT2D eigenvalue weighted by Gasteiger charge is 2.05. The molecular formula is C17H18Cl2N2O. The Morgan fingerprint density at radius 3 is 2.23 bits per heavy atom. The van der Waals surface area contributed by atoms with Gasteiger partial charge in [0.05, 0.1) is 16.6 Å². The lowest BCUT2D eigenvalue weighted by molar-refractivity contribution is -0.114. The quantitative estimate of drug-likeness (QED) is 0.790. The molecule has 0 fully saturated rings. The maximum atomic E-state index is 11.9. The van der Waals surface area contributed by atoms with Crippen molar-refractivity contribution in [1.29, 1.82) is 0 Å². The molecule has 0 bridgehead atoms. The van der Waals surface area contributed by atoms with E-state index in [4.69, 9.17) is 23.2 Å². The molecule has 2 aromatic carbocycles. The maximum Gasteiger partial charge on any atom is 0.243 e. The largest absolute Gasteiger partial charge is 0.376 e. The zero-order chi connectivity index (χ0) is 16.1. The smallest absolute Gasteiger partial charge is 0.243 e. The predicted octanol–water partition coefficient (Wildman–Crippen LogP) is 5.17. The van der Waals surface area contributed by atoms with Gasteiger partial charge in [-0.25, -0.2) is 0 Å². The van der Waals surface area contributed by atoms with Crippen LogP contribution < -0.4 is 10.6 Å². The Bertz CT molecular complexity index is 654. The van der Waals surface area contributed by atoms with Gasteiger partial charge in [-0.3, -0.25) is 4.79 Å². The number of nitrogens with one attached hydrogen (secondary N) is 2. The van der Waals surface area contributed by atoms with Crippen molar-refractivity contribution in [2.45, 2.75) is 19.8 Å². The Labute approximate surface area is 140 Å². The Balaban J connectivity index is 1.88. The van der Waals surface area contributed by atoms with Crippen LogP contribution >= 0.6 is 23.2 Å². The van der Waals surface area contributed by atoms with E-state index in [2.05, 4.69) is 24.5 Å². The molecule has 0 aliphatic rings. The van der Waals surface area contributed by atoms with Gasteiger partial charge in [0.25, 0.3) is 0 Å². The highest BCUT2D eigenvalue weighted by Crippen LogP contribution is 2.24. The second kappa shape index (κ2) is 7.52. The molecule has 0 heterocycles. The topological polar surface area (TPSA) is 41.1 Å². The van der Waals surface area contributed by atoms with E-state index in [1.165, 1.54) is 5.56 Å². The van der Waals surface area contributed by atoms with Gasteiger partial charge < -0.3 is 10.6 Å². The van der Waals surface area contributed by atoms with E-state index >= 15 is 0 Å². The summed E-state index contributed by atoms with van der Waals surface area (Å²) >= 11 is 11.8. The molecule has 2 aromatic rings. The number of halogens is 2. The number of anilines is 2. The van der Waals surface area contributed by atoms with Crippen LogP contribution in [-0.4, -0.2) is 12.5 Å². The molecule has 22 heavy (non-hydrogen) atoms. The summed E-state index contributed by atoms with van der Waals surface area (Å²) in [4.78, 5) is 11.9. The number of rotatable bonds is 5. The summed E-state index contributed by atoms with van der Waals surface area (Å²) in [6, 6.07) is 13.0. The average molecular weight is 337 g/mol. The van der Waals surface area contributed by atoms with Crippen LogP contribution in [0.3, 0.4) is 0 Å². The molecule has 0 aromatic heterocycles. The van der Waals surface area contributed by atoms with Crippen LogP contribution in [0.2, 0.25) is 10.0 Å². The first-order valence-corrected chi connectivity index (χ1v) is 7.80. The minimum atomic E-state index is -0.122. The SMILES string of the molecule is CC(C)c1ccc(NC(=O)CNc2ccc(Cl)c(Cl)c2)cc1. The van der Waals surface area contributed by atoms with Gasteiger partial charge >= 0.3 is 0 Å². The van der Waals surface area contributed by atoms with Crippen molar-refractivity contribution in [2.75, 3.05) is 17.2 Å². The third-order valence-corrected chi connectivity index (χ3v) is 3.97. The molecule has 0 saturated heterocycles. The summed E-state index contributed by atoms with van der Waals surface area (Å²) in [7, 11) is 0. The van der Waals surface area contributed by atoms with Crippen LogP contribution in [0.4, 0.5) is 11.4 Å². The van der Waals surface area contributed by atoms with E-state index in [0.717, 1.165) is 11.4 Å². The summed E-state index contributed by atoms with van der Waals surface area (Å²) in [5.74, 6) is 0.351. The number of carbonyl (C=O) groups is 1. The van der Waals surface area contributed by atoms with Crippen molar-refractivity contribution in [3.8, 4) is 0 Å². The average Bonchev–Trinajstić information content (AvgIpc) is 2.49. The molecule has 0 unspecified atom stereocenters. The van der Waals surface area contributed by atoms with Crippen LogP contribution in [-0.2, 0) is 4.79 Å². The van der Waals surface area contributed by atoms with Gasteiger partial charge in [-0.2, -0.15) is 0 Å². The summed E-state index contributed by atoms with van der Waals surface area (Å²) in [6.45, 7) is 4.42. The van der Waals surface area contributed by atoms with Crippen molar-refractivity contribution in [3.05, 3.63) is 58.1 Å². The molecule has 116 valence electrons. The lowest BCUT2D eigenvalue weighted by Gasteiger charge is -2.10. The van der Waals surface area contributed by atoms with Gasteiger partial charge in [-0.05, 0) is 41.8 Å². The monoisotopic (exact) mass is 336 g/mol. The fourth-order valence-corrected chi connectivity index (χ4v) is 2.24. The zero-order valence-corrected chi connectivity index (χ0v) is 14.0. The van der Waals surface area contributed by atoms with Gasteiger partial charge in [-0.15, -0.1) is 0 Å². The van der Waals surface area contributed by atoms with Crippen molar-refractivity contribution in [3.63, 3.8) is 0 Å². The van der Waals surface area contributed by atoms with Gasteiger partial charge in [-0.1, -0.05) is 49.2 Å². The first-order chi connectivity index (χ1) is 10.5. The molecule has 0 radical (unpaired) electrons. The van der Waals surface area contributed by atoms with Gasteiger partial charge in [0.15, 0.2) is 0 Å². The van der Waals surface area contributed by atoms with Crippen molar-refractivity contribution in [2.24, 2.45) is 0 Å². The molecule has 2 rings (SSSR count). The third-order valence-electron chi connectivity index (χ3n) is 3.23. The summed E-state index contributed by atoms with van der Waals surface area (Å²) in [6.07, 6.45) is 0. The number of hydrogen-bond donors (Lipinski definition) is 2. The molecule has 5 heteroatoms. The van der Waals surface area contributed by atoms with Gasteiger partial charge in [0.2, 0.25) is 5.91 Å². The van der Waals surface area contributed by atoms with E-state index in [-0.39, 0.29) is 12.5 Å². The molecular weight excluding hydrogens is 319 g/mol. The van der Waals surface area contributed by atoms with Gasteiger partial charge in [0.1, 0.15) is 0 Å². The maximum absolute atomic E-state index is 11.9. The van der Waals surface area contributed by atoms with E-state index in [1.54, 1.807) is 18.2 Å². The molecule has 3 nitrogen and oxygen atoms in total. The Kier molecular flexibility index (Phi) is 5.69. The number of amides is 1. The van der Waals surface area contributed by atoms with E-state index < -0.39 is 0 Å². The van der Waals surface area contributed by atoms with Crippen molar-refractivity contribution < 1.29 is 4.79 Å². The van der Waals surface area contributed by atoms with E-state index in [1.807, 2.05) is 24.3 Å². The standard InChI is InChI=1S/C17H18Cl2N2O/c1-11(2)12-3-5-13(6-4-12)21-17(22)10-20-14-7-8-15(18)16(19)9-14/h3-9,11,20H,10H2,1-2H3,(H,21,22). The fraction of sp³-hybridized carbons (Fsp3) is 0.235. The molecule has 1 amide bonds. The minimum absolute atomic E-state index is 0.122. The van der Waals surface area contributed by atoms with Crippen molar-refractivity contribution in [1.82, 2.24) is 0 Å². The summed E-state index contributed by atoms with van der Waals surface area (Å²) < 4.78 is 0. The number of benzene rings is 2. The second-order valence-electron chi connectivity index (χ2n) is 5.31. The first kappa shape index (κ1) is 16.7. The fourth-order valence-electron chi connectivity index (χ4n) is 1.94.